The molecule has 3 rings (SSSR count). The second-order valence-electron chi connectivity index (χ2n) is 5.32. The third-order valence-corrected chi connectivity index (χ3v) is 4.51. The van der Waals surface area contributed by atoms with Crippen LogP contribution in [0.15, 0.2) is 51.5 Å². The number of aromatic nitrogens is 2. The van der Waals surface area contributed by atoms with Gasteiger partial charge in [0, 0.05) is 17.7 Å². The maximum absolute atomic E-state index is 12.1. The number of benzene rings is 1. The number of amides is 1. The molecule has 1 atom stereocenters. The van der Waals surface area contributed by atoms with Crippen LogP contribution < -0.4 is 5.32 Å². The zero-order chi connectivity index (χ0) is 16.9. The first-order chi connectivity index (χ1) is 11.6. The van der Waals surface area contributed by atoms with Crippen LogP contribution >= 0.6 is 11.8 Å². The average Bonchev–Trinajstić information content (AvgIpc) is 3.22. The lowest BCUT2D eigenvalue weighted by molar-refractivity contribution is -0.115. The number of carbonyl (C=O) groups excluding carboxylic acids is 1. The predicted molar refractivity (Wildman–Crippen MR) is 92.6 cm³/mol. The number of aryl methyl sites for hydroxylation is 1. The molecular weight excluding hydrogens is 326 g/mol. The van der Waals surface area contributed by atoms with Gasteiger partial charge in [-0.15, -0.1) is 11.8 Å². The van der Waals surface area contributed by atoms with E-state index in [0.29, 0.717) is 11.6 Å². The summed E-state index contributed by atoms with van der Waals surface area (Å²) in [5.74, 6) is 1.51. The molecule has 124 valence electrons. The van der Waals surface area contributed by atoms with Crippen LogP contribution in [0.4, 0.5) is 5.88 Å². The van der Waals surface area contributed by atoms with Gasteiger partial charge in [-0.25, -0.2) is 0 Å². The third-order valence-electron chi connectivity index (χ3n) is 3.35. The summed E-state index contributed by atoms with van der Waals surface area (Å²) in [6, 6.07) is 13.4. The molecule has 0 aliphatic rings. The Balaban J connectivity index is 1.53. The van der Waals surface area contributed by atoms with Crippen molar-refractivity contribution >= 4 is 23.6 Å². The molecule has 2 heterocycles. The minimum atomic E-state index is -0.263. The standard InChI is InChI=1S/C17H17N3O3S/c1-11-8-16(23-19-11)18-17(21)12(2)24-10-14-9-15(20-22-14)13-6-4-3-5-7-13/h3-9,12H,10H2,1-2H3,(H,18,21). The van der Waals surface area contributed by atoms with Gasteiger partial charge in [-0.05, 0) is 13.8 Å². The van der Waals surface area contributed by atoms with E-state index >= 15 is 0 Å². The average molecular weight is 343 g/mol. The van der Waals surface area contributed by atoms with Gasteiger partial charge in [-0.2, -0.15) is 0 Å². The van der Waals surface area contributed by atoms with E-state index in [9.17, 15) is 4.79 Å². The van der Waals surface area contributed by atoms with E-state index in [1.54, 1.807) is 13.0 Å². The van der Waals surface area contributed by atoms with E-state index < -0.39 is 0 Å². The Labute approximate surface area is 143 Å². The van der Waals surface area contributed by atoms with Crippen LogP contribution in [0.1, 0.15) is 18.4 Å². The molecule has 3 aromatic rings. The van der Waals surface area contributed by atoms with Crippen LogP contribution in [0.25, 0.3) is 11.3 Å². The summed E-state index contributed by atoms with van der Waals surface area (Å²) in [5.41, 5.74) is 2.52. The van der Waals surface area contributed by atoms with E-state index in [1.165, 1.54) is 11.8 Å². The van der Waals surface area contributed by atoms with E-state index in [1.807, 2.05) is 43.3 Å². The first kappa shape index (κ1) is 16.3. The number of nitrogens with one attached hydrogen (secondary N) is 1. The minimum Gasteiger partial charge on any atom is -0.360 e. The summed E-state index contributed by atoms with van der Waals surface area (Å²) in [4.78, 5) is 12.1. The predicted octanol–water partition coefficient (Wildman–Crippen LogP) is 3.90. The Bertz CT molecular complexity index is 813. The summed E-state index contributed by atoms with van der Waals surface area (Å²) in [5, 5.41) is 10.2. The highest BCUT2D eigenvalue weighted by molar-refractivity contribution is 7.99. The van der Waals surface area contributed by atoms with Gasteiger partial charge >= 0.3 is 0 Å². The Hall–Kier alpha value is -2.54. The highest BCUT2D eigenvalue weighted by Crippen LogP contribution is 2.24. The van der Waals surface area contributed by atoms with Crippen LogP contribution in [0.5, 0.6) is 0 Å². The minimum absolute atomic E-state index is 0.140. The molecule has 1 amide bonds. The molecule has 1 N–H and O–H groups in total. The smallest absolute Gasteiger partial charge is 0.239 e. The molecule has 0 radical (unpaired) electrons. The maximum atomic E-state index is 12.1. The summed E-state index contributed by atoms with van der Waals surface area (Å²) < 4.78 is 10.3. The fourth-order valence-electron chi connectivity index (χ4n) is 2.05. The number of anilines is 1. The van der Waals surface area contributed by atoms with Gasteiger partial charge in [0.25, 0.3) is 0 Å². The fourth-order valence-corrected chi connectivity index (χ4v) is 2.81. The van der Waals surface area contributed by atoms with Crippen molar-refractivity contribution in [2.24, 2.45) is 0 Å². The van der Waals surface area contributed by atoms with Crippen molar-refractivity contribution in [3.05, 3.63) is 53.9 Å². The van der Waals surface area contributed by atoms with Crippen molar-refractivity contribution in [3.63, 3.8) is 0 Å². The summed E-state index contributed by atoms with van der Waals surface area (Å²) >= 11 is 1.46. The molecule has 2 aromatic heterocycles. The molecule has 7 heteroatoms. The zero-order valence-electron chi connectivity index (χ0n) is 13.4. The quantitative estimate of drug-likeness (QED) is 0.731. The first-order valence-electron chi connectivity index (χ1n) is 7.48. The molecule has 0 bridgehead atoms. The van der Waals surface area contributed by atoms with E-state index in [2.05, 4.69) is 15.6 Å². The summed E-state index contributed by atoms with van der Waals surface area (Å²) in [7, 11) is 0. The Morgan fingerprint density at radius 3 is 2.71 bits per heavy atom. The van der Waals surface area contributed by atoms with Crippen molar-refractivity contribution in [2.45, 2.75) is 24.9 Å². The lowest BCUT2D eigenvalue weighted by atomic mass is 10.1. The van der Waals surface area contributed by atoms with Crippen LogP contribution in [0.2, 0.25) is 0 Å². The molecule has 0 spiro atoms. The number of thioether (sulfide) groups is 1. The van der Waals surface area contributed by atoms with E-state index in [4.69, 9.17) is 9.05 Å². The van der Waals surface area contributed by atoms with Crippen molar-refractivity contribution in [1.82, 2.24) is 10.3 Å². The maximum Gasteiger partial charge on any atom is 0.239 e. The monoisotopic (exact) mass is 343 g/mol. The van der Waals surface area contributed by atoms with Gasteiger partial charge in [0.2, 0.25) is 11.8 Å². The van der Waals surface area contributed by atoms with Crippen LogP contribution in [0.3, 0.4) is 0 Å². The third kappa shape index (κ3) is 4.05. The Morgan fingerprint density at radius 1 is 1.21 bits per heavy atom. The second-order valence-corrected chi connectivity index (χ2v) is 6.65. The van der Waals surface area contributed by atoms with Crippen molar-refractivity contribution in [2.75, 3.05) is 5.32 Å². The lowest BCUT2D eigenvalue weighted by Crippen LogP contribution is -2.22. The van der Waals surface area contributed by atoms with Crippen molar-refractivity contribution < 1.29 is 13.8 Å². The van der Waals surface area contributed by atoms with Gasteiger partial charge in [-0.1, -0.05) is 40.6 Å². The van der Waals surface area contributed by atoms with E-state index in [-0.39, 0.29) is 11.2 Å². The van der Waals surface area contributed by atoms with Gasteiger partial charge in [0.1, 0.15) is 11.5 Å². The summed E-state index contributed by atoms with van der Waals surface area (Å²) in [6.07, 6.45) is 0. The van der Waals surface area contributed by atoms with Crippen LogP contribution in [0, 0.1) is 6.92 Å². The van der Waals surface area contributed by atoms with E-state index in [0.717, 1.165) is 22.7 Å². The van der Waals surface area contributed by atoms with Crippen molar-refractivity contribution in [1.29, 1.82) is 0 Å². The number of hydrogen-bond donors (Lipinski definition) is 1. The molecule has 1 unspecified atom stereocenters. The molecule has 0 fully saturated rings. The molecule has 0 aliphatic carbocycles. The molecule has 0 saturated heterocycles. The summed E-state index contributed by atoms with van der Waals surface area (Å²) in [6.45, 7) is 3.63. The normalized spacial score (nSPS) is 12.1. The van der Waals surface area contributed by atoms with Gasteiger partial charge in [-0.3, -0.25) is 10.1 Å². The second kappa shape index (κ2) is 7.35. The molecule has 0 aliphatic heterocycles. The van der Waals surface area contributed by atoms with Gasteiger partial charge in [0.15, 0.2) is 0 Å². The zero-order valence-corrected chi connectivity index (χ0v) is 14.2. The first-order valence-corrected chi connectivity index (χ1v) is 8.53. The lowest BCUT2D eigenvalue weighted by Gasteiger charge is -2.08. The largest absolute Gasteiger partial charge is 0.360 e. The number of carbonyl (C=O) groups is 1. The number of hydrogen-bond acceptors (Lipinski definition) is 6. The molecule has 24 heavy (non-hydrogen) atoms. The molecule has 1 aromatic carbocycles. The van der Waals surface area contributed by atoms with Gasteiger partial charge < -0.3 is 9.05 Å². The SMILES string of the molecule is Cc1cc(NC(=O)C(C)SCc2cc(-c3ccccc3)no2)on1. The fraction of sp³-hybridized carbons (Fsp3) is 0.235. The van der Waals surface area contributed by atoms with Crippen molar-refractivity contribution in [3.8, 4) is 11.3 Å². The number of rotatable bonds is 6. The highest BCUT2D eigenvalue weighted by atomic mass is 32.2. The Morgan fingerprint density at radius 2 is 2.00 bits per heavy atom. The highest BCUT2D eigenvalue weighted by Gasteiger charge is 2.17. The van der Waals surface area contributed by atoms with Gasteiger partial charge in [0.05, 0.1) is 16.7 Å². The Kier molecular flexibility index (Phi) is 5.00. The van der Waals surface area contributed by atoms with Crippen LogP contribution in [-0.2, 0) is 10.5 Å². The molecular formula is C17H17N3O3S. The molecule has 0 saturated carbocycles. The number of nitrogens with zero attached hydrogens (tertiary/aromatic N) is 2. The topological polar surface area (TPSA) is 81.2 Å². The molecule has 6 nitrogen and oxygen atoms in total. The van der Waals surface area contributed by atoms with Crippen LogP contribution in [-0.4, -0.2) is 21.5 Å².